The number of rotatable bonds is 2. The predicted octanol–water partition coefficient (Wildman–Crippen LogP) is 4.81. The van der Waals surface area contributed by atoms with Gasteiger partial charge >= 0.3 is 0 Å². The molecule has 0 atom stereocenters. The van der Waals surface area contributed by atoms with E-state index < -0.39 is 0 Å². The summed E-state index contributed by atoms with van der Waals surface area (Å²) in [4.78, 5) is 2.20. The molecule has 0 radical (unpaired) electrons. The van der Waals surface area contributed by atoms with Crippen molar-refractivity contribution in [3.8, 4) is 12.1 Å². The van der Waals surface area contributed by atoms with Gasteiger partial charge < -0.3 is 4.90 Å². The van der Waals surface area contributed by atoms with Crippen molar-refractivity contribution in [3.63, 3.8) is 0 Å². The number of hydrogen-bond acceptors (Lipinski definition) is 3. The summed E-state index contributed by atoms with van der Waals surface area (Å²) >= 11 is 0. The van der Waals surface area contributed by atoms with Crippen LogP contribution in [0.1, 0.15) is 33.3 Å². The van der Waals surface area contributed by atoms with E-state index in [4.69, 9.17) is 0 Å². The van der Waals surface area contributed by atoms with Crippen LogP contribution < -0.4 is 4.90 Å². The first-order chi connectivity index (χ1) is 10.9. The van der Waals surface area contributed by atoms with E-state index in [9.17, 15) is 10.5 Å². The number of hydrogen-bond donors (Lipinski definition) is 0. The highest BCUT2D eigenvalue weighted by Gasteiger charge is 2.22. The van der Waals surface area contributed by atoms with E-state index in [2.05, 4.69) is 44.7 Å². The van der Waals surface area contributed by atoms with Gasteiger partial charge in [-0.2, -0.15) is 10.5 Å². The zero-order valence-electron chi connectivity index (χ0n) is 14.1. The Kier molecular flexibility index (Phi) is 4.72. The summed E-state index contributed by atoms with van der Waals surface area (Å²) in [7, 11) is 0. The van der Waals surface area contributed by atoms with Crippen molar-refractivity contribution in [1.29, 1.82) is 10.5 Å². The van der Waals surface area contributed by atoms with Crippen LogP contribution in [0.4, 0.5) is 5.69 Å². The number of fused-ring (bicyclic) bond motifs is 1. The van der Waals surface area contributed by atoms with E-state index in [0.29, 0.717) is 5.57 Å². The van der Waals surface area contributed by atoms with Crippen LogP contribution in [0.25, 0.3) is 5.57 Å². The average Bonchev–Trinajstić information content (AvgIpc) is 2.53. The minimum absolute atomic E-state index is 0.0639. The normalized spacial score (nSPS) is 14.1. The minimum atomic E-state index is 0.0639. The molecular formula is C20H21N3. The zero-order valence-corrected chi connectivity index (χ0v) is 14.1. The molecule has 1 heterocycles. The zero-order chi connectivity index (χ0) is 17.0. The Hall–Kier alpha value is -2.78. The second-order valence-electron chi connectivity index (χ2n) is 6.54. The molecule has 1 aliphatic heterocycles. The van der Waals surface area contributed by atoms with Crippen molar-refractivity contribution in [3.05, 3.63) is 59.3 Å². The molecular weight excluding hydrogens is 282 g/mol. The maximum Gasteiger partial charge on any atom is 0.137 e. The lowest BCUT2D eigenvalue weighted by Gasteiger charge is -2.31. The van der Waals surface area contributed by atoms with Gasteiger partial charge in [-0.15, -0.1) is 0 Å². The van der Waals surface area contributed by atoms with E-state index >= 15 is 0 Å². The van der Waals surface area contributed by atoms with Crippen LogP contribution in [-0.4, -0.2) is 6.54 Å². The molecule has 0 spiro atoms. The summed E-state index contributed by atoms with van der Waals surface area (Å²) in [5.74, 6) is 0. The molecule has 0 aliphatic carbocycles. The molecule has 0 fully saturated rings. The lowest BCUT2D eigenvalue weighted by atomic mass is 9.92. The van der Waals surface area contributed by atoms with Gasteiger partial charge in [0.1, 0.15) is 17.7 Å². The maximum absolute atomic E-state index is 9.28. The summed E-state index contributed by atoms with van der Waals surface area (Å²) < 4.78 is 0. The van der Waals surface area contributed by atoms with Crippen molar-refractivity contribution in [1.82, 2.24) is 0 Å². The summed E-state index contributed by atoms with van der Waals surface area (Å²) in [6.45, 7) is 9.34. The predicted molar refractivity (Wildman–Crippen MR) is 94.3 cm³/mol. The number of allylic oxidation sites excluding steroid dienone is 5. The number of anilines is 1. The number of para-hydroxylation sites is 1. The summed E-state index contributed by atoms with van der Waals surface area (Å²) in [5.41, 5.74) is 3.87. The van der Waals surface area contributed by atoms with Crippen LogP contribution >= 0.6 is 0 Å². The second-order valence-corrected chi connectivity index (χ2v) is 6.54. The molecule has 0 saturated heterocycles. The van der Waals surface area contributed by atoms with Crippen LogP contribution in [0.2, 0.25) is 0 Å². The first-order valence-corrected chi connectivity index (χ1v) is 7.73. The van der Waals surface area contributed by atoms with Gasteiger partial charge in [0.15, 0.2) is 0 Å². The fourth-order valence-electron chi connectivity index (χ4n) is 2.56. The van der Waals surface area contributed by atoms with Crippen LogP contribution in [0.15, 0.2) is 53.8 Å². The average molecular weight is 303 g/mol. The lowest BCUT2D eigenvalue weighted by Crippen LogP contribution is -2.25. The number of benzene rings is 1. The van der Waals surface area contributed by atoms with Gasteiger partial charge in [-0.25, -0.2) is 0 Å². The number of nitriles is 2. The maximum atomic E-state index is 9.28. The Bertz CT molecular complexity index is 758. The highest BCUT2D eigenvalue weighted by molar-refractivity contribution is 5.92. The van der Waals surface area contributed by atoms with Gasteiger partial charge in [-0.05, 0) is 30.6 Å². The van der Waals surface area contributed by atoms with Crippen molar-refractivity contribution in [2.45, 2.75) is 27.7 Å². The summed E-state index contributed by atoms with van der Waals surface area (Å²) in [6.07, 6.45) is 6.16. The smallest absolute Gasteiger partial charge is 0.137 e. The van der Waals surface area contributed by atoms with E-state index in [-0.39, 0.29) is 11.0 Å². The topological polar surface area (TPSA) is 50.8 Å². The summed E-state index contributed by atoms with van der Waals surface area (Å²) in [6, 6.07) is 11.9. The molecule has 1 aromatic carbocycles. The number of nitrogens with zero attached hydrogens (tertiary/aromatic N) is 3. The first-order valence-electron chi connectivity index (χ1n) is 7.73. The minimum Gasteiger partial charge on any atom is -0.341 e. The largest absolute Gasteiger partial charge is 0.341 e. The molecule has 0 N–H and O–H groups in total. The molecule has 1 aromatic rings. The quantitative estimate of drug-likeness (QED) is 0.736. The Labute approximate surface area is 138 Å². The Morgan fingerprint density at radius 1 is 1.17 bits per heavy atom. The fourth-order valence-corrected chi connectivity index (χ4v) is 2.56. The van der Waals surface area contributed by atoms with Crippen LogP contribution in [0, 0.1) is 28.1 Å². The van der Waals surface area contributed by atoms with Gasteiger partial charge in [-0.3, -0.25) is 0 Å². The van der Waals surface area contributed by atoms with Crippen molar-refractivity contribution in [2.24, 2.45) is 5.41 Å². The van der Waals surface area contributed by atoms with E-state index in [1.165, 1.54) is 0 Å². The molecule has 3 heteroatoms. The van der Waals surface area contributed by atoms with Crippen LogP contribution in [0.5, 0.6) is 0 Å². The molecule has 0 bridgehead atoms. The molecule has 3 nitrogen and oxygen atoms in total. The molecule has 0 aromatic heterocycles. The molecule has 0 saturated carbocycles. The Balaban J connectivity index is 2.69. The third-order valence-corrected chi connectivity index (χ3v) is 3.65. The highest BCUT2D eigenvalue weighted by atomic mass is 15.1. The van der Waals surface area contributed by atoms with Gasteiger partial charge in [0.05, 0.1) is 0 Å². The monoisotopic (exact) mass is 303 g/mol. The van der Waals surface area contributed by atoms with E-state index in [1.807, 2.05) is 42.5 Å². The Morgan fingerprint density at radius 2 is 1.83 bits per heavy atom. The van der Waals surface area contributed by atoms with Crippen LogP contribution in [0.3, 0.4) is 0 Å². The van der Waals surface area contributed by atoms with E-state index in [1.54, 1.807) is 0 Å². The molecule has 116 valence electrons. The fraction of sp³-hybridized carbons (Fsp3) is 0.300. The van der Waals surface area contributed by atoms with Gasteiger partial charge in [0, 0.05) is 29.1 Å². The first kappa shape index (κ1) is 16.6. The van der Waals surface area contributed by atoms with Crippen molar-refractivity contribution in [2.75, 3.05) is 11.4 Å². The molecule has 0 amide bonds. The lowest BCUT2D eigenvalue weighted by molar-refractivity contribution is 0.543. The van der Waals surface area contributed by atoms with Crippen molar-refractivity contribution < 1.29 is 0 Å². The number of likely N-dealkylation sites (N-methyl/N-ethyl adjacent to an activating group) is 1. The second kappa shape index (κ2) is 6.55. The van der Waals surface area contributed by atoms with Gasteiger partial charge in [0.2, 0.25) is 0 Å². The SMILES string of the molecule is CCN1C(/C=C/C(C)(C)C)=CC(=C(C#N)C#N)c2ccccc21. The molecule has 1 aliphatic rings. The third-order valence-electron chi connectivity index (χ3n) is 3.65. The summed E-state index contributed by atoms with van der Waals surface area (Å²) in [5, 5.41) is 18.6. The molecule has 2 rings (SSSR count). The van der Waals surface area contributed by atoms with Gasteiger partial charge in [-0.1, -0.05) is 45.0 Å². The van der Waals surface area contributed by atoms with E-state index in [0.717, 1.165) is 23.5 Å². The molecule has 0 unspecified atom stereocenters. The third kappa shape index (κ3) is 3.52. The van der Waals surface area contributed by atoms with Gasteiger partial charge in [0.25, 0.3) is 0 Å². The Morgan fingerprint density at radius 3 is 2.39 bits per heavy atom. The highest BCUT2D eigenvalue weighted by Crippen LogP contribution is 2.38. The van der Waals surface area contributed by atoms with Crippen molar-refractivity contribution >= 4 is 11.3 Å². The van der Waals surface area contributed by atoms with Crippen LogP contribution in [-0.2, 0) is 0 Å². The standard InChI is InChI=1S/C20H21N3/c1-5-23-16(10-11-20(2,3)4)12-18(15(13-21)14-22)17-8-6-7-9-19(17)23/h6-12H,5H2,1-4H3/b11-10+. The molecule has 23 heavy (non-hydrogen) atoms.